The van der Waals surface area contributed by atoms with E-state index in [2.05, 4.69) is 41.4 Å². The van der Waals surface area contributed by atoms with E-state index in [1.54, 1.807) is 7.11 Å². The number of hydrogen-bond donors (Lipinski definition) is 1. The lowest BCUT2D eigenvalue weighted by molar-refractivity contribution is 0.101. The van der Waals surface area contributed by atoms with Gasteiger partial charge in [0.05, 0.1) is 7.11 Å². The first-order valence-corrected chi connectivity index (χ1v) is 7.85. The van der Waals surface area contributed by atoms with E-state index in [9.17, 15) is 0 Å². The van der Waals surface area contributed by atoms with Crippen LogP contribution in [0.15, 0.2) is 24.3 Å². The summed E-state index contributed by atoms with van der Waals surface area (Å²) in [5, 5.41) is 3.79. The number of ether oxygens (including phenoxy) is 1. The van der Waals surface area contributed by atoms with Crippen LogP contribution < -0.4 is 10.1 Å². The highest BCUT2D eigenvalue weighted by molar-refractivity contribution is 5.29. The highest BCUT2D eigenvalue weighted by Gasteiger charge is 2.38. The molecule has 0 aromatic heterocycles. The van der Waals surface area contributed by atoms with Gasteiger partial charge >= 0.3 is 0 Å². The van der Waals surface area contributed by atoms with Crippen LogP contribution in [0.2, 0.25) is 0 Å². The van der Waals surface area contributed by atoms with Crippen LogP contribution in [0, 0.1) is 0 Å². The normalized spacial score (nSPS) is 23.9. The molecule has 1 saturated carbocycles. The van der Waals surface area contributed by atoms with Crippen LogP contribution in [0.3, 0.4) is 0 Å². The Balaban J connectivity index is 1.70. The second kappa shape index (κ2) is 5.74. The van der Waals surface area contributed by atoms with Gasteiger partial charge in [-0.1, -0.05) is 25.0 Å². The van der Waals surface area contributed by atoms with Crippen LogP contribution in [0.5, 0.6) is 5.75 Å². The van der Waals surface area contributed by atoms with E-state index < -0.39 is 0 Å². The summed E-state index contributed by atoms with van der Waals surface area (Å²) in [5.74, 6) is 0.938. The Kier molecular flexibility index (Phi) is 3.99. The van der Waals surface area contributed by atoms with Gasteiger partial charge in [-0.05, 0) is 37.5 Å². The Morgan fingerprint density at radius 1 is 1.20 bits per heavy atom. The number of piperazine rings is 1. The monoisotopic (exact) mass is 274 g/mol. The molecule has 2 aliphatic rings. The van der Waals surface area contributed by atoms with Gasteiger partial charge in [0.2, 0.25) is 0 Å². The van der Waals surface area contributed by atoms with Crippen molar-refractivity contribution in [1.29, 1.82) is 0 Å². The van der Waals surface area contributed by atoms with Gasteiger partial charge in [-0.25, -0.2) is 0 Å². The van der Waals surface area contributed by atoms with E-state index >= 15 is 0 Å². The molecule has 110 valence electrons. The molecule has 1 aromatic rings. The van der Waals surface area contributed by atoms with Gasteiger partial charge in [-0.3, -0.25) is 4.90 Å². The molecule has 20 heavy (non-hydrogen) atoms. The molecule has 1 spiro atoms. The van der Waals surface area contributed by atoms with Crippen LogP contribution in [0.4, 0.5) is 0 Å². The molecular formula is C17H26N2O. The third-order valence-electron chi connectivity index (χ3n) is 5.11. The quantitative estimate of drug-likeness (QED) is 0.917. The molecule has 0 bridgehead atoms. The summed E-state index contributed by atoms with van der Waals surface area (Å²) in [6.45, 7) is 5.80. The molecule has 1 saturated heterocycles. The smallest absolute Gasteiger partial charge is 0.118 e. The van der Waals surface area contributed by atoms with Crippen molar-refractivity contribution in [2.75, 3.05) is 26.7 Å². The predicted octanol–water partition coefficient (Wildman–Crippen LogP) is 2.97. The molecule has 1 N–H and O–H groups in total. The topological polar surface area (TPSA) is 24.5 Å². The number of nitrogens with one attached hydrogen (secondary N) is 1. The average molecular weight is 274 g/mol. The largest absolute Gasteiger partial charge is 0.497 e. The van der Waals surface area contributed by atoms with E-state index in [1.165, 1.54) is 37.8 Å². The third-order valence-corrected chi connectivity index (χ3v) is 5.11. The SMILES string of the molecule is COc1ccc(C(C)N2CCNC3(CCCC3)C2)cc1. The minimum atomic E-state index is 0.402. The summed E-state index contributed by atoms with van der Waals surface area (Å²) in [4.78, 5) is 2.64. The van der Waals surface area contributed by atoms with Crippen LogP contribution in [-0.4, -0.2) is 37.2 Å². The first-order chi connectivity index (χ1) is 9.72. The Hall–Kier alpha value is -1.06. The second-order valence-electron chi connectivity index (χ2n) is 6.33. The van der Waals surface area contributed by atoms with Crippen molar-refractivity contribution in [1.82, 2.24) is 10.2 Å². The summed E-state index contributed by atoms with van der Waals surface area (Å²) in [6, 6.07) is 9.03. The van der Waals surface area contributed by atoms with Gasteiger partial charge in [0.1, 0.15) is 5.75 Å². The van der Waals surface area contributed by atoms with Crippen molar-refractivity contribution >= 4 is 0 Å². The van der Waals surface area contributed by atoms with Gasteiger partial charge in [0.15, 0.2) is 0 Å². The van der Waals surface area contributed by atoms with Gasteiger partial charge in [0.25, 0.3) is 0 Å². The second-order valence-corrected chi connectivity index (χ2v) is 6.33. The van der Waals surface area contributed by atoms with E-state index in [0.717, 1.165) is 18.8 Å². The zero-order valence-electron chi connectivity index (χ0n) is 12.7. The lowest BCUT2D eigenvalue weighted by Crippen LogP contribution is -2.59. The molecule has 1 unspecified atom stereocenters. The molecule has 3 nitrogen and oxygen atoms in total. The number of rotatable bonds is 3. The standard InChI is InChI=1S/C17H26N2O/c1-14(15-5-7-16(20-2)8-6-15)19-12-11-18-17(13-19)9-3-4-10-17/h5-8,14,18H,3-4,9-13H2,1-2H3. The number of hydrogen-bond acceptors (Lipinski definition) is 3. The Labute approximate surface area is 122 Å². The van der Waals surface area contributed by atoms with Crippen molar-refractivity contribution in [2.45, 2.75) is 44.2 Å². The summed E-state index contributed by atoms with van der Waals surface area (Å²) in [5.41, 5.74) is 1.79. The van der Waals surface area contributed by atoms with Crippen LogP contribution in [0.25, 0.3) is 0 Å². The molecule has 1 atom stereocenters. The zero-order valence-corrected chi connectivity index (χ0v) is 12.7. The lowest BCUT2D eigenvalue weighted by atomic mass is 9.93. The molecule has 0 amide bonds. The lowest BCUT2D eigenvalue weighted by Gasteiger charge is -2.44. The maximum Gasteiger partial charge on any atom is 0.118 e. The third kappa shape index (κ3) is 2.70. The van der Waals surface area contributed by atoms with E-state index in [-0.39, 0.29) is 0 Å². The fraction of sp³-hybridized carbons (Fsp3) is 0.647. The summed E-state index contributed by atoms with van der Waals surface area (Å²) >= 11 is 0. The van der Waals surface area contributed by atoms with Crippen LogP contribution in [-0.2, 0) is 0 Å². The van der Waals surface area contributed by atoms with Gasteiger partial charge in [-0.2, -0.15) is 0 Å². The first-order valence-electron chi connectivity index (χ1n) is 7.85. The molecule has 1 aliphatic carbocycles. The minimum absolute atomic E-state index is 0.402. The molecule has 2 fully saturated rings. The van der Waals surface area contributed by atoms with Crippen molar-refractivity contribution in [3.8, 4) is 5.75 Å². The summed E-state index contributed by atoms with van der Waals surface area (Å²) < 4.78 is 5.25. The van der Waals surface area contributed by atoms with Gasteiger partial charge < -0.3 is 10.1 Å². The molecule has 1 heterocycles. The number of nitrogens with zero attached hydrogens (tertiary/aromatic N) is 1. The highest BCUT2D eigenvalue weighted by atomic mass is 16.5. The Morgan fingerprint density at radius 3 is 2.55 bits per heavy atom. The maximum atomic E-state index is 5.25. The molecular weight excluding hydrogens is 248 g/mol. The average Bonchev–Trinajstić information content (AvgIpc) is 2.94. The molecule has 3 rings (SSSR count). The zero-order chi connectivity index (χ0) is 14.0. The Morgan fingerprint density at radius 2 is 1.90 bits per heavy atom. The summed E-state index contributed by atoms with van der Waals surface area (Å²) in [6.07, 6.45) is 5.47. The number of benzene rings is 1. The maximum absolute atomic E-state index is 5.25. The van der Waals surface area contributed by atoms with Crippen molar-refractivity contribution in [2.24, 2.45) is 0 Å². The van der Waals surface area contributed by atoms with Crippen molar-refractivity contribution in [3.05, 3.63) is 29.8 Å². The fourth-order valence-electron chi connectivity index (χ4n) is 3.80. The molecule has 1 aromatic carbocycles. The minimum Gasteiger partial charge on any atom is -0.497 e. The number of methoxy groups -OCH3 is 1. The summed E-state index contributed by atoms with van der Waals surface area (Å²) in [7, 11) is 1.72. The highest BCUT2D eigenvalue weighted by Crippen LogP contribution is 2.34. The van der Waals surface area contributed by atoms with Crippen LogP contribution in [0.1, 0.15) is 44.2 Å². The Bertz CT molecular complexity index is 437. The van der Waals surface area contributed by atoms with Crippen molar-refractivity contribution in [3.63, 3.8) is 0 Å². The van der Waals surface area contributed by atoms with E-state index in [0.29, 0.717) is 11.6 Å². The van der Waals surface area contributed by atoms with E-state index in [4.69, 9.17) is 4.74 Å². The van der Waals surface area contributed by atoms with Gasteiger partial charge in [0, 0.05) is 31.2 Å². The van der Waals surface area contributed by atoms with Crippen LogP contribution >= 0.6 is 0 Å². The van der Waals surface area contributed by atoms with E-state index in [1.807, 2.05) is 0 Å². The molecule has 1 aliphatic heterocycles. The first kappa shape index (κ1) is 13.9. The fourth-order valence-corrected chi connectivity index (χ4v) is 3.80. The predicted molar refractivity (Wildman–Crippen MR) is 82.2 cm³/mol. The molecule has 0 radical (unpaired) electrons. The molecule has 3 heteroatoms. The van der Waals surface area contributed by atoms with Gasteiger partial charge in [-0.15, -0.1) is 0 Å². The van der Waals surface area contributed by atoms with Crippen molar-refractivity contribution < 1.29 is 4.74 Å².